The van der Waals surface area contributed by atoms with E-state index in [1.165, 1.54) is 0 Å². The second kappa shape index (κ2) is 7.76. The van der Waals surface area contributed by atoms with Crippen molar-refractivity contribution in [3.8, 4) is 5.75 Å². The van der Waals surface area contributed by atoms with E-state index in [0.717, 1.165) is 24.2 Å². The minimum Gasteiger partial charge on any atom is -0.497 e. The van der Waals surface area contributed by atoms with Gasteiger partial charge in [-0.2, -0.15) is 0 Å². The largest absolute Gasteiger partial charge is 0.497 e. The van der Waals surface area contributed by atoms with Crippen LogP contribution in [-0.4, -0.2) is 30.8 Å². The molecular formula is C19H28N2O4. The molecule has 2 N–H and O–H groups in total. The third kappa shape index (κ3) is 5.37. The van der Waals surface area contributed by atoms with Crippen LogP contribution in [0.25, 0.3) is 0 Å². The minimum atomic E-state index is -0.547. The maximum Gasteiger partial charge on any atom is 0.407 e. The SMILES string of the molecule is COc1ccc([C@@H](C)NC(=O)[C@@H]2CC[C@@H]2NC(=O)OC(C)(C)C)cc1. The van der Waals surface area contributed by atoms with Crippen LogP contribution in [-0.2, 0) is 9.53 Å². The second-order valence-corrected chi connectivity index (χ2v) is 7.44. The minimum absolute atomic E-state index is 0.0457. The predicted octanol–water partition coefficient (Wildman–Crippen LogP) is 3.18. The lowest BCUT2D eigenvalue weighted by atomic mass is 9.78. The molecule has 0 unspecified atom stereocenters. The standard InChI is InChI=1S/C19H28N2O4/c1-12(13-6-8-14(24-5)9-7-13)20-17(22)15-10-11-16(15)21-18(23)25-19(2,3)4/h6-9,12,15-16H,10-11H2,1-5H3,(H,20,22)(H,21,23)/t12-,15-,16+/m1/s1. The molecule has 0 aromatic heterocycles. The topological polar surface area (TPSA) is 76.7 Å². The molecular weight excluding hydrogens is 320 g/mol. The third-order valence-electron chi connectivity index (χ3n) is 4.29. The van der Waals surface area contributed by atoms with Crippen LogP contribution in [0, 0.1) is 5.92 Å². The summed E-state index contributed by atoms with van der Waals surface area (Å²) in [6, 6.07) is 7.32. The van der Waals surface area contributed by atoms with Gasteiger partial charge in [0.2, 0.25) is 5.91 Å². The summed E-state index contributed by atoms with van der Waals surface area (Å²) in [6.07, 6.45) is 1.08. The molecule has 0 saturated heterocycles. The molecule has 0 radical (unpaired) electrons. The van der Waals surface area contributed by atoms with Crippen molar-refractivity contribution < 1.29 is 19.1 Å². The van der Waals surface area contributed by atoms with Crippen LogP contribution in [0.3, 0.4) is 0 Å². The molecule has 6 nitrogen and oxygen atoms in total. The molecule has 6 heteroatoms. The summed E-state index contributed by atoms with van der Waals surface area (Å²) in [5.41, 5.74) is 0.458. The van der Waals surface area contributed by atoms with Crippen molar-refractivity contribution in [1.82, 2.24) is 10.6 Å². The Balaban J connectivity index is 1.86. The summed E-state index contributed by atoms with van der Waals surface area (Å²) in [4.78, 5) is 24.3. The number of hydrogen-bond donors (Lipinski definition) is 2. The molecule has 1 saturated carbocycles. The molecule has 1 aromatic carbocycles. The van der Waals surface area contributed by atoms with Gasteiger partial charge in [-0.15, -0.1) is 0 Å². The number of hydrogen-bond acceptors (Lipinski definition) is 4. The smallest absolute Gasteiger partial charge is 0.407 e. The molecule has 1 aliphatic carbocycles. The van der Waals surface area contributed by atoms with E-state index in [4.69, 9.17) is 9.47 Å². The molecule has 2 rings (SSSR count). The lowest BCUT2D eigenvalue weighted by Gasteiger charge is -2.37. The van der Waals surface area contributed by atoms with E-state index in [2.05, 4.69) is 10.6 Å². The van der Waals surface area contributed by atoms with Crippen molar-refractivity contribution in [3.05, 3.63) is 29.8 Å². The van der Waals surface area contributed by atoms with E-state index >= 15 is 0 Å². The highest BCUT2D eigenvalue weighted by Crippen LogP contribution is 2.29. The molecule has 1 aromatic rings. The number of alkyl carbamates (subject to hydrolysis) is 1. The number of nitrogens with one attached hydrogen (secondary N) is 2. The highest BCUT2D eigenvalue weighted by Gasteiger charge is 2.38. The number of carbonyl (C=O) groups excluding carboxylic acids is 2. The first-order chi connectivity index (χ1) is 11.7. The maximum absolute atomic E-state index is 12.5. The van der Waals surface area contributed by atoms with E-state index in [0.29, 0.717) is 0 Å². The van der Waals surface area contributed by atoms with Crippen LogP contribution < -0.4 is 15.4 Å². The fraction of sp³-hybridized carbons (Fsp3) is 0.579. The average Bonchev–Trinajstić information content (AvgIpc) is 2.49. The van der Waals surface area contributed by atoms with Crippen LogP contribution in [0.1, 0.15) is 52.1 Å². The Hall–Kier alpha value is -2.24. The van der Waals surface area contributed by atoms with Gasteiger partial charge in [-0.3, -0.25) is 4.79 Å². The monoisotopic (exact) mass is 348 g/mol. The Morgan fingerprint density at radius 3 is 2.28 bits per heavy atom. The van der Waals surface area contributed by atoms with Gasteiger partial charge < -0.3 is 20.1 Å². The Kier molecular flexibility index (Phi) is 5.93. The van der Waals surface area contributed by atoms with Crippen molar-refractivity contribution in [2.45, 2.75) is 58.2 Å². The van der Waals surface area contributed by atoms with Gasteiger partial charge in [0.25, 0.3) is 0 Å². The first-order valence-corrected chi connectivity index (χ1v) is 8.63. The first-order valence-electron chi connectivity index (χ1n) is 8.63. The third-order valence-corrected chi connectivity index (χ3v) is 4.29. The van der Waals surface area contributed by atoms with E-state index in [-0.39, 0.29) is 23.9 Å². The summed E-state index contributed by atoms with van der Waals surface area (Å²) in [5, 5.41) is 5.81. The highest BCUT2D eigenvalue weighted by molar-refractivity contribution is 5.82. The fourth-order valence-corrected chi connectivity index (χ4v) is 2.74. The van der Waals surface area contributed by atoms with E-state index in [1.54, 1.807) is 7.11 Å². The van der Waals surface area contributed by atoms with E-state index < -0.39 is 11.7 Å². The Bertz CT molecular complexity index is 607. The second-order valence-electron chi connectivity index (χ2n) is 7.44. The summed E-state index contributed by atoms with van der Waals surface area (Å²) >= 11 is 0. The quantitative estimate of drug-likeness (QED) is 0.857. The van der Waals surface area contributed by atoms with Crippen LogP contribution in [0.15, 0.2) is 24.3 Å². The van der Waals surface area contributed by atoms with Crippen molar-refractivity contribution in [2.24, 2.45) is 5.92 Å². The lowest BCUT2D eigenvalue weighted by molar-refractivity contribution is -0.129. The Morgan fingerprint density at radius 1 is 1.16 bits per heavy atom. The molecule has 25 heavy (non-hydrogen) atoms. The van der Waals surface area contributed by atoms with Gasteiger partial charge in [0.15, 0.2) is 0 Å². The molecule has 0 spiro atoms. The molecule has 0 aliphatic heterocycles. The normalized spacial score (nSPS) is 20.8. The lowest BCUT2D eigenvalue weighted by Crippen LogP contribution is -2.53. The number of rotatable bonds is 5. The predicted molar refractivity (Wildman–Crippen MR) is 95.4 cm³/mol. The zero-order valence-corrected chi connectivity index (χ0v) is 15.6. The Morgan fingerprint density at radius 2 is 1.80 bits per heavy atom. The molecule has 2 amide bonds. The first kappa shape index (κ1) is 19.1. The van der Waals surface area contributed by atoms with Crippen LogP contribution in [0.4, 0.5) is 4.79 Å². The van der Waals surface area contributed by atoms with Crippen molar-refractivity contribution >= 4 is 12.0 Å². The van der Waals surface area contributed by atoms with Crippen molar-refractivity contribution in [1.29, 1.82) is 0 Å². The summed E-state index contributed by atoms with van der Waals surface area (Å²) in [5.74, 6) is 0.520. The Labute approximate surface area is 149 Å². The molecule has 0 heterocycles. The summed E-state index contributed by atoms with van der Waals surface area (Å²) < 4.78 is 10.4. The van der Waals surface area contributed by atoms with E-state index in [9.17, 15) is 9.59 Å². The van der Waals surface area contributed by atoms with E-state index in [1.807, 2.05) is 52.0 Å². The summed E-state index contributed by atoms with van der Waals surface area (Å²) in [6.45, 7) is 7.38. The van der Waals surface area contributed by atoms with Crippen molar-refractivity contribution in [2.75, 3.05) is 7.11 Å². The van der Waals surface area contributed by atoms with Crippen LogP contribution in [0.5, 0.6) is 5.75 Å². The van der Waals surface area contributed by atoms with Crippen LogP contribution in [0.2, 0.25) is 0 Å². The summed E-state index contributed by atoms with van der Waals surface area (Å²) in [7, 11) is 1.62. The van der Waals surface area contributed by atoms with Crippen LogP contribution >= 0.6 is 0 Å². The number of carbonyl (C=O) groups is 2. The molecule has 1 aliphatic rings. The number of amides is 2. The van der Waals surface area contributed by atoms with Gasteiger partial charge in [0.05, 0.1) is 19.1 Å². The van der Waals surface area contributed by atoms with Gasteiger partial charge in [0.1, 0.15) is 11.4 Å². The van der Waals surface area contributed by atoms with Crippen molar-refractivity contribution in [3.63, 3.8) is 0 Å². The molecule has 3 atom stereocenters. The van der Waals surface area contributed by atoms with Gasteiger partial charge in [-0.25, -0.2) is 4.79 Å². The molecule has 1 fully saturated rings. The average molecular weight is 348 g/mol. The highest BCUT2D eigenvalue weighted by atomic mass is 16.6. The van der Waals surface area contributed by atoms with Gasteiger partial charge in [0, 0.05) is 6.04 Å². The van der Waals surface area contributed by atoms with Gasteiger partial charge in [-0.1, -0.05) is 12.1 Å². The molecule has 0 bridgehead atoms. The maximum atomic E-state index is 12.5. The zero-order chi connectivity index (χ0) is 18.6. The van der Waals surface area contributed by atoms with Gasteiger partial charge in [-0.05, 0) is 58.2 Å². The zero-order valence-electron chi connectivity index (χ0n) is 15.6. The molecule has 138 valence electrons. The fourth-order valence-electron chi connectivity index (χ4n) is 2.74. The van der Waals surface area contributed by atoms with Gasteiger partial charge >= 0.3 is 6.09 Å². The number of methoxy groups -OCH3 is 1. The number of ether oxygens (including phenoxy) is 2. The number of benzene rings is 1.